The lowest BCUT2D eigenvalue weighted by atomic mass is 9.75. The summed E-state index contributed by atoms with van der Waals surface area (Å²) in [5.41, 5.74) is 9.24. The topological polar surface area (TPSA) is 55.1 Å². The van der Waals surface area contributed by atoms with Crippen molar-refractivity contribution in [3.05, 3.63) is 29.3 Å². The molecule has 0 aromatic heterocycles. The number of nitrogens with one attached hydrogen (secondary N) is 1. The average molecular weight is 246 g/mol. The lowest BCUT2D eigenvalue weighted by molar-refractivity contribution is -0.118. The van der Waals surface area contributed by atoms with Crippen LogP contribution < -0.4 is 11.1 Å². The fraction of sp³-hybridized carbons (Fsp3) is 0.533. The number of benzene rings is 1. The highest BCUT2D eigenvalue weighted by atomic mass is 16.1. The van der Waals surface area contributed by atoms with Crippen molar-refractivity contribution in [2.45, 2.75) is 51.5 Å². The Hall–Kier alpha value is -1.35. The van der Waals surface area contributed by atoms with E-state index in [1.165, 1.54) is 11.1 Å². The van der Waals surface area contributed by atoms with Crippen LogP contribution in [0.2, 0.25) is 0 Å². The van der Waals surface area contributed by atoms with Crippen molar-refractivity contribution >= 4 is 11.6 Å². The lowest BCUT2D eigenvalue weighted by Gasteiger charge is -2.37. The fourth-order valence-corrected chi connectivity index (χ4v) is 2.50. The molecule has 1 saturated carbocycles. The third-order valence-corrected chi connectivity index (χ3v) is 3.87. The zero-order valence-electron chi connectivity index (χ0n) is 11.3. The minimum atomic E-state index is -0.248. The number of anilines is 1. The first-order chi connectivity index (χ1) is 8.52. The number of hydrogen-bond donors (Lipinski definition) is 2. The van der Waals surface area contributed by atoms with Gasteiger partial charge in [-0.25, -0.2) is 0 Å². The second kappa shape index (κ2) is 5.11. The van der Waals surface area contributed by atoms with Gasteiger partial charge in [-0.3, -0.25) is 4.79 Å². The summed E-state index contributed by atoms with van der Waals surface area (Å²) in [4.78, 5) is 11.9. The predicted molar refractivity (Wildman–Crippen MR) is 74.6 cm³/mol. The number of nitrogens with two attached hydrogens (primary N) is 1. The summed E-state index contributed by atoms with van der Waals surface area (Å²) in [5.74, 6) is 0.0286. The van der Waals surface area contributed by atoms with Crippen LogP contribution in [0.1, 0.15) is 43.7 Å². The van der Waals surface area contributed by atoms with Gasteiger partial charge in [-0.15, -0.1) is 0 Å². The standard InChI is InChI=1S/C15H22N2O/c1-3-12-5-6-13(9-11(12)2)17-14(18)10-15(16)7-4-8-15/h5-6,9H,3-4,7-8,10,16H2,1-2H3,(H,17,18). The van der Waals surface area contributed by atoms with Crippen molar-refractivity contribution in [3.8, 4) is 0 Å². The van der Waals surface area contributed by atoms with E-state index in [1.54, 1.807) is 0 Å². The molecule has 1 aromatic rings. The second-order valence-corrected chi connectivity index (χ2v) is 5.44. The summed E-state index contributed by atoms with van der Waals surface area (Å²) in [6.45, 7) is 4.21. The molecule has 0 unspecified atom stereocenters. The van der Waals surface area contributed by atoms with Crippen LogP contribution in [0.5, 0.6) is 0 Å². The van der Waals surface area contributed by atoms with E-state index in [1.807, 2.05) is 12.1 Å². The van der Waals surface area contributed by atoms with Crippen LogP contribution >= 0.6 is 0 Å². The maximum Gasteiger partial charge on any atom is 0.226 e. The molecule has 0 heterocycles. The first-order valence-corrected chi connectivity index (χ1v) is 6.71. The highest BCUT2D eigenvalue weighted by Gasteiger charge is 2.34. The van der Waals surface area contributed by atoms with Gasteiger partial charge in [0.05, 0.1) is 0 Å². The highest BCUT2D eigenvalue weighted by Crippen LogP contribution is 2.32. The Balaban J connectivity index is 1.96. The summed E-state index contributed by atoms with van der Waals surface area (Å²) in [6, 6.07) is 6.07. The number of hydrogen-bond acceptors (Lipinski definition) is 2. The van der Waals surface area contributed by atoms with Gasteiger partial charge in [0.2, 0.25) is 5.91 Å². The Morgan fingerprint density at radius 2 is 2.17 bits per heavy atom. The molecule has 1 aliphatic rings. The molecule has 3 nitrogen and oxygen atoms in total. The number of amides is 1. The monoisotopic (exact) mass is 246 g/mol. The molecule has 0 saturated heterocycles. The summed E-state index contributed by atoms with van der Waals surface area (Å²) >= 11 is 0. The maximum absolute atomic E-state index is 11.9. The summed E-state index contributed by atoms with van der Waals surface area (Å²) in [5, 5.41) is 2.94. The van der Waals surface area contributed by atoms with Crippen LogP contribution in [0.4, 0.5) is 5.69 Å². The minimum Gasteiger partial charge on any atom is -0.326 e. The fourth-order valence-electron chi connectivity index (χ4n) is 2.50. The zero-order valence-corrected chi connectivity index (χ0v) is 11.3. The predicted octanol–water partition coefficient (Wildman–Crippen LogP) is 2.77. The first kappa shape index (κ1) is 13.1. The number of aryl methyl sites for hydroxylation is 2. The van der Waals surface area contributed by atoms with Gasteiger partial charge in [-0.2, -0.15) is 0 Å². The molecule has 1 aromatic carbocycles. The van der Waals surface area contributed by atoms with E-state index < -0.39 is 0 Å². The lowest BCUT2D eigenvalue weighted by Crippen LogP contribution is -2.48. The van der Waals surface area contributed by atoms with Crippen LogP contribution in [-0.4, -0.2) is 11.4 Å². The van der Waals surface area contributed by atoms with Gasteiger partial charge in [-0.1, -0.05) is 13.0 Å². The van der Waals surface area contributed by atoms with Gasteiger partial charge in [0.25, 0.3) is 0 Å². The van der Waals surface area contributed by atoms with E-state index in [-0.39, 0.29) is 11.4 Å². The quantitative estimate of drug-likeness (QED) is 0.858. The molecule has 0 radical (unpaired) electrons. The van der Waals surface area contributed by atoms with E-state index >= 15 is 0 Å². The Kier molecular flexibility index (Phi) is 3.71. The normalized spacial score (nSPS) is 17.1. The molecule has 0 atom stereocenters. The van der Waals surface area contributed by atoms with Crippen molar-refractivity contribution < 1.29 is 4.79 Å². The van der Waals surface area contributed by atoms with E-state index in [0.29, 0.717) is 6.42 Å². The third-order valence-electron chi connectivity index (χ3n) is 3.87. The van der Waals surface area contributed by atoms with Crippen molar-refractivity contribution in [3.63, 3.8) is 0 Å². The zero-order chi connectivity index (χ0) is 13.2. The van der Waals surface area contributed by atoms with E-state index in [4.69, 9.17) is 5.73 Å². The molecule has 2 rings (SSSR count). The van der Waals surface area contributed by atoms with Gasteiger partial charge in [0.1, 0.15) is 0 Å². The first-order valence-electron chi connectivity index (χ1n) is 6.71. The van der Waals surface area contributed by atoms with Crippen LogP contribution in [0.3, 0.4) is 0 Å². The van der Waals surface area contributed by atoms with Crippen LogP contribution in [0, 0.1) is 6.92 Å². The van der Waals surface area contributed by atoms with Gasteiger partial charge < -0.3 is 11.1 Å². The molecule has 1 amide bonds. The Bertz CT molecular complexity index is 450. The molecule has 1 fully saturated rings. The van der Waals surface area contributed by atoms with Crippen LogP contribution in [0.25, 0.3) is 0 Å². The number of carbonyl (C=O) groups is 1. The molecule has 98 valence electrons. The Morgan fingerprint density at radius 3 is 2.67 bits per heavy atom. The van der Waals surface area contributed by atoms with Crippen molar-refractivity contribution in [2.75, 3.05) is 5.32 Å². The number of rotatable bonds is 4. The molecule has 0 spiro atoms. The maximum atomic E-state index is 11.9. The molecular formula is C15H22N2O. The highest BCUT2D eigenvalue weighted by molar-refractivity contribution is 5.91. The van der Waals surface area contributed by atoms with E-state index in [9.17, 15) is 4.79 Å². The smallest absolute Gasteiger partial charge is 0.226 e. The van der Waals surface area contributed by atoms with Gasteiger partial charge in [-0.05, 0) is 55.9 Å². The molecule has 3 N–H and O–H groups in total. The summed E-state index contributed by atoms with van der Waals surface area (Å²) in [6.07, 6.45) is 4.53. The largest absolute Gasteiger partial charge is 0.326 e. The molecule has 0 aliphatic heterocycles. The Morgan fingerprint density at radius 1 is 1.44 bits per heavy atom. The second-order valence-electron chi connectivity index (χ2n) is 5.44. The van der Waals surface area contributed by atoms with Crippen LogP contribution in [-0.2, 0) is 11.2 Å². The molecule has 3 heteroatoms. The SMILES string of the molecule is CCc1ccc(NC(=O)CC2(N)CCC2)cc1C. The Labute approximate surface area is 109 Å². The molecule has 18 heavy (non-hydrogen) atoms. The van der Waals surface area contributed by atoms with Crippen molar-refractivity contribution in [1.29, 1.82) is 0 Å². The minimum absolute atomic E-state index is 0.0286. The van der Waals surface area contributed by atoms with Gasteiger partial charge >= 0.3 is 0 Å². The summed E-state index contributed by atoms with van der Waals surface area (Å²) < 4.78 is 0. The van der Waals surface area contributed by atoms with Gasteiger partial charge in [0, 0.05) is 17.6 Å². The van der Waals surface area contributed by atoms with Crippen LogP contribution in [0.15, 0.2) is 18.2 Å². The van der Waals surface area contributed by atoms with E-state index in [2.05, 4.69) is 25.2 Å². The third kappa shape index (κ3) is 2.91. The average Bonchev–Trinajstić information content (AvgIpc) is 2.27. The molecule has 1 aliphatic carbocycles. The van der Waals surface area contributed by atoms with Gasteiger partial charge in [0.15, 0.2) is 0 Å². The summed E-state index contributed by atoms with van der Waals surface area (Å²) in [7, 11) is 0. The van der Waals surface area contributed by atoms with Crippen molar-refractivity contribution in [1.82, 2.24) is 0 Å². The number of carbonyl (C=O) groups excluding carboxylic acids is 1. The van der Waals surface area contributed by atoms with E-state index in [0.717, 1.165) is 31.4 Å². The van der Waals surface area contributed by atoms with Crippen molar-refractivity contribution in [2.24, 2.45) is 5.73 Å². The molecule has 0 bridgehead atoms. The molecular weight excluding hydrogens is 224 g/mol.